The van der Waals surface area contributed by atoms with Gasteiger partial charge in [-0.2, -0.15) is 0 Å². The summed E-state index contributed by atoms with van der Waals surface area (Å²) < 4.78 is 29.3. The molecular formula is C18H11FN2O4. The molecule has 25 heavy (non-hydrogen) atoms. The number of benzene rings is 2. The van der Waals surface area contributed by atoms with Crippen LogP contribution < -0.4 is 10.4 Å². The number of fused-ring (bicyclic) bond motifs is 1. The Kier molecular flexibility index (Phi) is 3.53. The zero-order chi connectivity index (χ0) is 17.4. The Labute approximate surface area is 140 Å². The molecule has 0 saturated carbocycles. The van der Waals surface area contributed by atoms with Gasteiger partial charge in [-0.05, 0) is 42.5 Å². The van der Waals surface area contributed by atoms with Gasteiger partial charge in [-0.15, -0.1) is 10.2 Å². The second-order valence-electron chi connectivity index (χ2n) is 5.27. The summed E-state index contributed by atoms with van der Waals surface area (Å²) in [5, 5.41) is 8.39. The third-order valence-corrected chi connectivity index (χ3v) is 3.67. The van der Waals surface area contributed by atoms with Gasteiger partial charge in [-0.25, -0.2) is 9.18 Å². The van der Waals surface area contributed by atoms with Gasteiger partial charge < -0.3 is 13.6 Å². The number of rotatable bonds is 3. The maximum absolute atomic E-state index is 13.3. The normalized spacial score (nSPS) is 11.0. The van der Waals surface area contributed by atoms with Gasteiger partial charge in [-0.1, -0.05) is 6.07 Å². The molecule has 2 aromatic carbocycles. The van der Waals surface area contributed by atoms with Crippen LogP contribution in [0.3, 0.4) is 0 Å². The third kappa shape index (κ3) is 2.76. The van der Waals surface area contributed by atoms with Crippen molar-refractivity contribution in [2.45, 2.75) is 0 Å². The van der Waals surface area contributed by atoms with E-state index in [4.69, 9.17) is 13.6 Å². The molecule has 0 atom stereocenters. The average Bonchev–Trinajstić information content (AvgIpc) is 3.10. The number of aromatic nitrogens is 2. The van der Waals surface area contributed by atoms with Crippen molar-refractivity contribution in [1.82, 2.24) is 10.2 Å². The molecule has 0 bridgehead atoms. The monoisotopic (exact) mass is 338 g/mol. The lowest BCUT2D eigenvalue weighted by atomic mass is 10.2. The molecule has 4 aromatic rings. The Morgan fingerprint density at radius 1 is 1.00 bits per heavy atom. The van der Waals surface area contributed by atoms with Crippen LogP contribution in [0, 0.1) is 5.82 Å². The van der Waals surface area contributed by atoms with Crippen molar-refractivity contribution < 1.29 is 18.0 Å². The number of ether oxygens (including phenoxy) is 1. The van der Waals surface area contributed by atoms with E-state index in [2.05, 4.69) is 10.2 Å². The second kappa shape index (κ2) is 5.86. The lowest BCUT2D eigenvalue weighted by Crippen LogP contribution is -2.02. The summed E-state index contributed by atoms with van der Waals surface area (Å²) in [7, 11) is 1.55. The average molecular weight is 338 g/mol. The molecule has 0 radical (unpaired) electrons. The molecule has 0 amide bonds. The minimum Gasteiger partial charge on any atom is -0.497 e. The first kappa shape index (κ1) is 15.1. The van der Waals surface area contributed by atoms with Crippen molar-refractivity contribution in [3.63, 3.8) is 0 Å². The van der Waals surface area contributed by atoms with E-state index in [1.807, 2.05) is 0 Å². The van der Waals surface area contributed by atoms with E-state index in [0.29, 0.717) is 22.3 Å². The highest BCUT2D eigenvalue weighted by Crippen LogP contribution is 2.26. The fourth-order valence-corrected chi connectivity index (χ4v) is 2.45. The molecule has 4 rings (SSSR count). The molecule has 0 N–H and O–H groups in total. The quantitative estimate of drug-likeness (QED) is 0.531. The van der Waals surface area contributed by atoms with E-state index in [9.17, 15) is 9.18 Å². The molecule has 0 aliphatic heterocycles. The lowest BCUT2D eigenvalue weighted by Gasteiger charge is -2.02. The van der Waals surface area contributed by atoms with Gasteiger partial charge in [0.15, 0.2) is 0 Å². The molecule has 6 nitrogen and oxygen atoms in total. The lowest BCUT2D eigenvalue weighted by molar-refractivity contribution is 0.415. The zero-order valence-electron chi connectivity index (χ0n) is 13.0. The first-order valence-electron chi connectivity index (χ1n) is 7.36. The van der Waals surface area contributed by atoms with Crippen molar-refractivity contribution in [3.05, 3.63) is 64.8 Å². The topological polar surface area (TPSA) is 78.4 Å². The number of nitrogens with zero attached hydrogens (tertiary/aromatic N) is 2. The van der Waals surface area contributed by atoms with E-state index in [-0.39, 0.29) is 17.3 Å². The second-order valence-corrected chi connectivity index (χ2v) is 5.27. The molecule has 0 unspecified atom stereocenters. The number of halogens is 1. The van der Waals surface area contributed by atoms with Gasteiger partial charge in [0.05, 0.1) is 7.11 Å². The maximum atomic E-state index is 13.3. The largest absolute Gasteiger partial charge is 0.497 e. The van der Waals surface area contributed by atoms with E-state index in [1.165, 1.54) is 18.2 Å². The van der Waals surface area contributed by atoms with E-state index in [0.717, 1.165) is 0 Å². The first-order chi connectivity index (χ1) is 12.1. The van der Waals surface area contributed by atoms with Gasteiger partial charge in [-0.3, -0.25) is 0 Å². The van der Waals surface area contributed by atoms with Gasteiger partial charge in [0.25, 0.3) is 5.89 Å². The van der Waals surface area contributed by atoms with Gasteiger partial charge in [0.1, 0.15) is 22.7 Å². The number of hydrogen-bond acceptors (Lipinski definition) is 6. The molecule has 124 valence electrons. The van der Waals surface area contributed by atoms with Crippen molar-refractivity contribution in [2.75, 3.05) is 7.11 Å². The predicted molar refractivity (Wildman–Crippen MR) is 87.7 cm³/mol. The fraction of sp³-hybridized carbons (Fsp3) is 0.0556. The van der Waals surface area contributed by atoms with Crippen LogP contribution in [-0.2, 0) is 0 Å². The first-order valence-corrected chi connectivity index (χ1v) is 7.36. The SMILES string of the molecule is COc1ccc2oc(=O)c(-c3nnc(-c4cccc(F)c4)o3)cc2c1. The van der Waals surface area contributed by atoms with Crippen molar-refractivity contribution in [3.8, 4) is 28.7 Å². The van der Waals surface area contributed by atoms with Gasteiger partial charge >= 0.3 is 5.63 Å². The Balaban J connectivity index is 1.82. The maximum Gasteiger partial charge on any atom is 0.349 e. The third-order valence-electron chi connectivity index (χ3n) is 3.67. The Bertz CT molecular complexity index is 1130. The molecule has 0 saturated heterocycles. The number of hydrogen-bond donors (Lipinski definition) is 0. The Morgan fingerprint density at radius 3 is 2.64 bits per heavy atom. The summed E-state index contributed by atoms with van der Waals surface area (Å²) in [5.74, 6) is 0.310. The van der Waals surface area contributed by atoms with Crippen LogP contribution in [0.4, 0.5) is 4.39 Å². The smallest absolute Gasteiger partial charge is 0.349 e. The van der Waals surface area contributed by atoms with E-state index >= 15 is 0 Å². The van der Waals surface area contributed by atoms with Crippen LogP contribution in [0.2, 0.25) is 0 Å². The van der Waals surface area contributed by atoms with Gasteiger partial charge in [0, 0.05) is 10.9 Å². The zero-order valence-corrected chi connectivity index (χ0v) is 13.0. The van der Waals surface area contributed by atoms with Crippen molar-refractivity contribution in [2.24, 2.45) is 0 Å². The van der Waals surface area contributed by atoms with Crippen molar-refractivity contribution in [1.29, 1.82) is 0 Å². The van der Waals surface area contributed by atoms with Crippen LogP contribution in [0.15, 0.2) is 62.2 Å². The summed E-state index contributed by atoms with van der Waals surface area (Å²) in [6.07, 6.45) is 0. The minimum atomic E-state index is -0.605. The van der Waals surface area contributed by atoms with E-state index in [1.54, 1.807) is 37.4 Å². The highest BCUT2D eigenvalue weighted by atomic mass is 19.1. The summed E-state index contributed by atoms with van der Waals surface area (Å²) in [5.41, 5.74) is 0.355. The summed E-state index contributed by atoms with van der Waals surface area (Å²) in [6.45, 7) is 0. The molecule has 0 aliphatic rings. The number of methoxy groups -OCH3 is 1. The van der Waals surface area contributed by atoms with Crippen molar-refractivity contribution >= 4 is 11.0 Å². The molecule has 2 heterocycles. The predicted octanol–water partition coefficient (Wildman–Crippen LogP) is 3.66. The minimum absolute atomic E-state index is 0.00210. The summed E-state index contributed by atoms with van der Waals surface area (Å²) in [6, 6.07) is 12.4. The molecular weight excluding hydrogens is 327 g/mol. The molecule has 0 spiro atoms. The molecule has 2 aromatic heterocycles. The molecule has 7 heteroatoms. The Hall–Kier alpha value is -3.48. The standard InChI is InChI=1S/C18H11FN2O4/c1-23-13-5-6-15-11(8-13)9-14(18(22)24-15)17-21-20-16(25-17)10-3-2-4-12(19)7-10/h2-9H,1H3. The van der Waals surface area contributed by atoms with Crippen LogP contribution in [0.1, 0.15) is 0 Å². The van der Waals surface area contributed by atoms with E-state index < -0.39 is 11.4 Å². The van der Waals surface area contributed by atoms with Crippen LogP contribution >= 0.6 is 0 Å². The summed E-state index contributed by atoms with van der Waals surface area (Å²) >= 11 is 0. The summed E-state index contributed by atoms with van der Waals surface area (Å²) in [4.78, 5) is 12.2. The van der Waals surface area contributed by atoms with Crippen LogP contribution in [-0.4, -0.2) is 17.3 Å². The fourth-order valence-electron chi connectivity index (χ4n) is 2.45. The Morgan fingerprint density at radius 2 is 1.84 bits per heavy atom. The highest BCUT2D eigenvalue weighted by Gasteiger charge is 2.16. The highest BCUT2D eigenvalue weighted by molar-refractivity contribution is 5.81. The molecule has 0 fully saturated rings. The van der Waals surface area contributed by atoms with Gasteiger partial charge in [0.2, 0.25) is 5.89 Å². The van der Waals surface area contributed by atoms with Crippen LogP contribution in [0.25, 0.3) is 33.9 Å². The van der Waals surface area contributed by atoms with Crippen LogP contribution in [0.5, 0.6) is 5.75 Å². The molecule has 0 aliphatic carbocycles.